The van der Waals surface area contributed by atoms with Crippen LogP contribution in [0.5, 0.6) is 0 Å². The van der Waals surface area contributed by atoms with Crippen molar-refractivity contribution >= 4 is 17.5 Å². The van der Waals surface area contributed by atoms with Crippen molar-refractivity contribution in [2.24, 2.45) is 5.92 Å². The summed E-state index contributed by atoms with van der Waals surface area (Å²) in [5, 5.41) is 14.6. The molecule has 0 bridgehead atoms. The van der Waals surface area contributed by atoms with E-state index in [0.717, 1.165) is 36.8 Å². The molecule has 3 aromatic heterocycles. The molecule has 2 saturated carbocycles. The largest absolute Gasteiger partial charge is 0.619 e. The molecule has 0 saturated heterocycles. The number of aromatic amines is 1. The summed E-state index contributed by atoms with van der Waals surface area (Å²) in [4.78, 5) is 35.1. The number of hydrogen-bond acceptors (Lipinski definition) is 4. The predicted molar refractivity (Wildman–Crippen MR) is 143 cm³/mol. The number of amides is 1. The maximum absolute atomic E-state index is 15.5. The average molecular weight is 546 g/mol. The Morgan fingerprint density at radius 2 is 1.95 bits per heavy atom. The molecule has 2 fully saturated rings. The van der Waals surface area contributed by atoms with Crippen LogP contribution in [-0.2, 0) is 6.42 Å². The summed E-state index contributed by atoms with van der Waals surface area (Å²) in [5.41, 5.74) is 2.16. The van der Waals surface area contributed by atoms with E-state index in [2.05, 4.69) is 15.3 Å². The van der Waals surface area contributed by atoms with Crippen LogP contribution in [0.4, 0.5) is 4.39 Å². The third-order valence-electron chi connectivity index (χ3n) is 8.15. The molecule has 7 rings (SSSR count). The lowest BCUT2D eigenvalue weighted by atomic mass is 9.89. The number of imidazole rings is 1. The van der Waals surface area contributed by atoms with E-state index in [4.69, 9.17) is 11.6 Å². The van der Waals surface area contributed by atoms with Gasteiger partial charge in [0.25, 0.3) is 11.5 Å². The fourth-order valence-electron chi connectivity index (χ4n) is 5.65. The minimum absolute atomic E-state index is 0.0483. The van der Waals surface area contributed by atoms with Crippen molar-refractivity contribution in [1.82, 2.24) is 19.9 Å². The highest BCUT2D eigenvalue weighted by Gasteiger charge is 2.46. The van der Waals surface area contributed by atoms with Gasteiger partial charge in [0.05, 0.1) is 28.5 Å². The molecule has 0 unspecified atom stereocenters. The molecular weight excluding hydrogens is 521 g/mol. The number of carbonyl (C=O) groups is 1. The molecule has 3 aliphatic rings. The van der Waals surface area contributed by atoms with Crippen LogP contribution in [0, 0.1) is 16.9 Å². The second-order valence-electron chi connectivity index (χ2n) is 11.0. The maximum atomic E-state index is 15.5. The van der Waals surface area contributed by atoms with Crippen LogP contribution < -0.4 is 15.6 Å². The lowest BCUT2D eigenvalue weighted by Gasteiger charge is -2.26. The third-order valence-corrected chi connectivity index (χ3v) is 8.44. The summed E-state index contributed by atoms with van der Waals surface area (Å²) >= 11 is 6.17. The molecule has 8 nitrogen and oxygen atoms in total. The summed E-state index contributed by atoms with van der Waals surface area (Å²) in [6, 6.07) is 7.59. The minimum Gasteiger partial charge on any atom is -0.619 e. The van der Waals surface area contributed by atoms with Crippen LogP contribution in [0.15, 0.2) is 59.9 Å². The van der Waals surface area contributed by atoms with E-state index in [1.54, 1.807) is 35.2 Å². The first-order valence-electron chi connectivity index (χ1n) is 13.1. The summed E-state index contributed by atoms with van der Waals surface area (Å²) in [6.45, 7) is 0. The summed E-state index contributed by atoms with van der Waals surface area (Å²) in [7, 11) is 0. The van der Waals surface area contributed by atoms with Gasteiger partial charge in [-0.25, -0.2) is 9.37 Å². The van der Waals surface area contributed by atoms with E-state index in [9.17, 15) is 14.8 Å². The van der Waals surface area contributed by atoms with Crippen molar-refractivity contribution in [1.29, 1.82) is 0 Å². The Labute approximate surface area is 228 Å². The normalized spacial score (nSPS) is 18.1. The number of benzene rings is 1. The highest BCUT2D eigenvalue weighted by atomic mass is 35.5. The molecular formula is C29H25ClFN5O3. The first-order chi connectivity index (χ1) is 18.8. The summed E-state index contributed by atoms with van der Waals surface area (Å²) < 4.78 is 17.7. The van der Waals surface area contributed by atoms with Crippen LogP contribution >= 0.6 is 11.6 Å². The number of aromatic nitrogens is 4. The Kier molecular flexibility index (Phi) is 5.42. The smallest absolute Gasteiger partial charge is 0.253 e. The van der Waals surface area contributed by atoms with Crippen LogP contribution in [0.1, 0.15) is 59.9 Å². The molecule has 0 radical (unpaired) electrons. The van der Waals surface area contributed by atoms with Gasteiger partial charge in [0, 0.05) is 46.6 Å². The summed E-state index contributed by atoms with van der Waals surface area (Å²) in [5.74, 6) is 0.0683. The van der Waals surface area contributed by atoms with Gasteiger partial charge >= 0.3 is 0 Å². The fraction of sp³-hybridized carbons (Fsp3) is 0.310. The number of pyridine rings is 2. The first-order valence-corrected chi connectivity index (χ1v) is 13.5. The van der Waals surface area contributed by atoms with E-state index in [0.29, 0.717) is 35.0 Å². The molecule has 10 heteroatoms. The Morgan fingerprint density at radius 3 is 2.67 bits per heavy atom. The van der Waals surface area contributed by atoms with Gasteiger partial charge in [-0.2, -0.15) is 4.73 Å². The molecule has 4 heterocycles. The van der Waals surface area contributed by atoms with Crippen LogP contribution in [0.25, 0.3) is 22.4 Å². The van der Waals surface area contributed by atoms with E-state index >= 15 is 4.39 Å². The Balaban J connectivity index is 1.37. The highest BCUT2D eigenvalue weighted by molar-refractivity contribution is 6.31. The van der Waals surface area contributed by atoms with Crippen molar-refractivity contribution in [3.8, 4) is 22.4 Å². The van der Waals surface area contributed by atoms with E-state index < -0.39 is 17.4 Å². The molecule has 1 aliphatic heterocycles. The van der Waals surface area contributed by atoms with Gasteiger partial charge in [-0.1, -0.05) is 30.5 Å². The summed E-state index contributed by atoms with van der Waals surface area (Å²) in [6.07, 6.45) is 10.9. The van der Waals surface area contributed by atoms with E-state index in [1.807, 2.05) is 0 Å². The second kappa shape index (κ2) is 8.77. The minimum atomic E-state index is -0.620. The molecule has 4 aromatic rings. The molecule has 2 N–H and O–H groups in total. The Hall–Kier alpha value is -3.98. The molecule has 2 aliphatic carbocycles. The zero-order valence-corrected chi connectivity index (χ0v) is 21.7. The number of halogens is 2. The number of rotatable bonds is 5. The number of nitrogens with zero attached hydrogens (tertiary/aromatic N) is 3. The maximum Gasteiger partial charge on any atom is 0.253 e. The van der Waals surface area contributed by atoms with Gasteiger partial charge in [-0.05, 0) is 43.2 Å². The zero-order valence-electron chi connectivity index (χ0n) is 20.9. The first kappa shape index (κ1) is 24.1. The van der Waals surface area contributed by atoms with Crippen LogP contribution in [0.3, 0.4) is 0 Å². The van der Waals surface area contributed by atoms with Gasteiger partial charge in [0.1, 0.15) is 11.6 Å². The van der Waals surface area contributed by atoms with Crippen molar-refractivity contribution < 1.29 is 13.9 Å². The molecule has 1 aromatic carbocycles. The average Bonchev–Trinajstić information content (AvgIpc) is 3.83. The van der Waals surface area contributed by atoms with Crippen molar-refractivity contribution in [3.63, 3.8) is 0 Å². The van der Waals surface area contributed by atoms with E-state index in [1.165, 1.54) is 24.5 Å². The van der Waals surface area contributed by atoms with Crippen molar-refractivity contribution in [2.45, 2.75) is 50.1 Å². The number of carbonyl (C=O) groups excluding carboxylic acids is 1. The van der Waals surface area contributed by atoms with Gasteiger partial charge in [0.2, 0.25) is 0 Å². The molecule has 39 heavy (non-hydrogen) atoms. The predicted octanol–water partition coefficient (Wildman–Crippen LogP) is 4.54. The van der Waals surface area contributed by atoms with Crippen molar-refractivity contribution in [2.75, 3.05) is 0 Å². The second-order valence-corrected chi connectivity index (χ2v) is 11.4. The highest BCUT2D eigenvalue weighted by Crippen LogP contribution is 2.45. The van der Waals surface area contributed by atoms with Gasteiger partial charge in [-0.3, -0.25) is 9.59 Å². The third kappa shape index (κ3) is 4.30. The van der Waals surface area contributed by atoms with Crippen LogP contribution in [-0.4, -0.2) is 26.0 Å². The lowest BCUT2D eigenvalue weighted by molar-refractivity contribution is -0.605. The topological polar surface area (TPSA) is 107 Å². The lowest BCUT2D eigenvalue weighted by Crippen LogP contribution is -2.41. The molecule has 1 spiro atoms. The Bertz CT molecular complexity index is 1690. The van der Waals surface area contributed by atoms with Gasteiger partial charge in [-0.15, -0.1) is 0 Å². The Morgan fingerprint density at radius 1 is 1.18 bits per heavy atom. The molecule has 1 amide bonds. The zero-order chi connectivity index (χ0) is 26.9. The van der Waals surface area contributed by atoms with Crippen LogP contribution in [0.2, 0.25) is 5.02 Å². The van der Waals surface area contributed by atoms with E-state index in [-0.39, 0.29) is 33.2 Å². The number of nitrogens with one attached hydrogen (secondary N) is 2. The SMILES string of the molecule is O=C1NC2(CC2)Cc2ccc(Cl)c(F)c2-c2cc(=O)n([C@@H](CC3CC3)c3ncc(-c4cc[n+]([O-])cc4)[nH]3)cc21. The standard InChI is InChI=1S/C29H25ClFN5O3/c30-21-4-3-18-13-29(7-8-29)34-28(38)20-15-36(24(37)12-19(20)25(18)26(21)31)23(11-16-1-2-16)27-32-14-22(33-27)17-5-9-35(39)10-6-17/h3-6,9-10,12,14-16,23H,1-2,7-8,11,13H2,(H,32,33)(H,34,38)/t23-/m0/s1. The van der Waals surface area contributed by atoms with Crippen molar-refractivity contribution in [3.05, 3.63) is 98.5 Å². The number of hydrogen-bond donors (Lipinski definition) is 2. The molecule has 198 valence electrons. The number of fused-ring (bicyclic) bond motifs is 3. The van der Waals surface area contributed by atoms with Gasteiger partial charge in [0.15, 0.2) is 12.4 Å². The monoisotopic (exact) mass is 545 g/mol. The van der Waals surface area contributed by atoms with Gasteiger partial charge < -0.3 is 20.1 Å². The fourth-order valence-corrected chi connectivity index (χ4v) is 5.81. The number of H-pyrrole nitrogens is 1. The quantitative estimate of drug-likeness (QED) is 0.283. The molecule has 1 atom stereocenters.